The van der Waals surface area contributed by atoms with E-state index in [-0.39, 0.29) is 25.2 Å². The quantitative estimate of drug-likeness (QED) is 0.407. The van der Waals surface area contributed by atoms with Gasteiger partial charge in [0.15, 0.2) is 0 Å². The molecule has 10 nitrogen and oxygen atoms in total. The zero-order valence-electron chi connectivity index (χ0n) is 18.0. The number of hydrogen-bond donors (Lipinski definition) is 2. The van der Waals surface area contributed by atoms with Crippen LogP contribution in [0.15, 0.2) is 46.1 Å². The van der Waals surface area contributed by atoms with Crippen LogP contribution in [0, 0.1) is 12.8 Å². The summed E-state index contributed by atoms with van der Waals surface area (Å²) in [6.07, 6.45) is 1.18. The van der Waals surface area contributed by atoms with Crippen LogP contribution in [0.25, 0.3) is 0 Å². The van der Waals surface area contributed by atoms with Crippen LogP contribution in [-0.4, -0.2) is 41.9 Å². The Bertz CT molecular complexity index is 1100. The summed E-state index contributed by atoms with van der Waals surface area (Å²) in [6.45, 7) is 0.386. The minimum atomic E-state index is -3.11. The zero-order chi connectivity index (χ0) is 23.3. The molecule has 1 aromatic heterocycles. The van der Waals surface area contributed by atoms with Crippen molar-refractivity contribution in [3.63, 3.8) is 0 Å². The summed E-state index contributed by atoms with van der Waals surface area (Å²) in [5.41, 5.74) is -0.539. The van der Waals surface area contributed by atoms with Crippen LogP contribution in [0.4, 0.5) is 0 Å². The highest BCUT2D eigenvalue weighted by Gasteiger charge is 2.36. The second-order valence-corrected chi connectivity index (χ2v) is 10.6. The van der Waals surface area contributed by atoms with Gasteiger partial charge in [-0.05, 0) is 37.3 Å². The van der Waals surface area contributed by atoms with Gasteiger partial charge in [0.2, 0.25) is 0 Å². The largest absolute Gasteiger partial charge is 0.468 e. The lowest BCUT2D eigenvalue weighted by Crippen LogP contribution is -2.35. The Labute approximate surface area is 190 Å². The van der Waals surface area contributed by atoms with E-state index < -0.39 is 30.1 Å². The second-order valence-electron chi connectivity index (χ2n) is 7.45. The molecule has 1 aliphatic heterocycles. The van der Waals surface area contributed by atoms with E-state index in [1.807, 2.05) is 13.0 Å². The van der Waals surface area contributed by atoms with Gasteiger partial charge in [0.25, 0.3) is 5.56 Å². The topological polar surface area (TPSA) is 121 Å². The van der Waals surface area contributed by atoms with Crippen molar-refractivity contribution in [2.45, 2.75) is 32.6 Å². The molecular formula is C20H26N3O7PS. The van der Waals surface area contributed by atoms with Crippen LogP contribution in [0.5, 0.6) is 5.75 Å². The summed E-state index contributed by atoms with van der Waals surface area (Å²) in [4.78, 5) is 37.8. The Hall–Kier alpha value is -2.30. The normalized spacial score (nSPS) is 22.3. The van der Waals surface area contributed by atoms with Gasteiger partial charge in [0.05, 0.1) is 19.8 Å². The van der Waals surface area contributed by atoms with E-state index in [1.54, 1.807) is 31.2 Å². The molecular weight excluding hydrogens is 457 g/mol. The number of carbonyl (C=O) groups excluding carboxylic acids is 1. The third-order valence-corrected chi connectivity index (χ3v) is 7.33. The van der Waals surface area contributed by atoms with Crippen molar-refractivity contribution >= 4 is 24.4 Å². The molecule has 1 fully saturated rings. The van der Waals surface area contributed by atoms with E-state index in [4.69, 9.17) is 25.6 Å². The van der Waals surface area contributed by atoms with Gasteiger partial charge < -0.3 is 18.5 Å². The Morgan fingerprint density at radius 3 is 2.75 bits per heavy atom. The molecule has 2 N–H and O–H groups in total. The smallest absolute Gasteiger partial charge is 0.330 e. The molecule has 1 saturated heterocycles. The Morgan fingerprint density at radius 1 is 1.34 bits per heavy atom. The van der Waals surface area contributed by atoms with Crippen LogP contribution < -0.4 is 20.9 Å². The first-order valence-electron chi connectivity index (χ1n) is 9.99. The van der Waals surface area contributed by atoms with Crippen LogP contribution in [0.1, 0.15) is 25.1 Å². The van der Waals surface area contributed by atoms with Crippen LogP contribution in [-0.2, 0) is 30.6 Å². The van der Waals surface area contributed by atoms with E-state index in [2.05, 4.69) is 14.8 Å². The molecule has 32 heavy (non-hydrogen) atoms. The molecule has 0 amide bonds. The number of methoxy groups -OCH3 is 1. The number of rotatable bonds is 9. The van der Waals surface area contributed by atoms with E-state index in [0.717, 1.165) is 0 Å². The number of nitrogens with one attached hydrogen (secondary N) is 2. The number of hydrogen-bond acceptors (Lipinski definition) is 8. The van der Waals surface area contributed by atoms with E-state index in [9.17, 15) is 14.4 Å². The molecule has 1 aromatic carbocycles. The molecule has 0 bridgehead atoms. The first-order valence-corrected chi connectivity index (χ1v) is 12.6. The number of nitrogens with zero attached hydrogens (tertiary/aromatic N) is 1. The molecule has 0 spiro atoms. The fourth-order valence-electron chi connectivity index (χ4n) is 3.28. The number of aromatic amines is 1. The summed E-state index contributed by atoms with van der Waals surface area (Å²) < 4.78 is 23.9. The third-order valence-electron chi connectivity index (χ3n) is 4.92. The molecule has 0 aliphatic carbocycles. The first kappa shape index (κ1) is 24.3. The highest BCUT2D eigenvalue weighted by molar-refractivity contribution is 8.09. The summed E-state index contributed by atoms with van der Waals surface area (Å²) in [5.74, 6) is -0.0114. The van der Waals surface area contributed by atoms with Crippen molar-refractivity contribution in [2.75, 3.05) is 20.3 Å². The van der Waals surface area contributed by atoms with Gasteiger partial charge in [0, 0.05) is 17.7 Å². The highest BCUT2D eigenvalue weighted by Crippen LogP contribution is 2.45. The summed E-state index contributed by atoms with van der Waals surface area (Å²) in [5, 5.41) is 2.85. The number of ether oxygens (including phenoxy) is 2. The molecule has 1 aliphatic rings. The van der Waals surface area contributed by atoms with Crippen LogP contribution in [0.2, 0.25) is 0 Å². The van der Waals surface area contributed by atoms with Crippen molar-refractivity contribution in [3.8, 4) is 5.75 Å². The van der Waals surface area contributed by atoms with E-state index >= 15 is 0 Å². The minimum Gasteiger partial charge on any atom is -0.468 e. The monoisotopic (exact) mass is 483 g/mol. The van der Waals surface area contributed by atoms with E-state index in [1.165, 1.54) is 17.9 Å². The SMILES string of the molecule is COC(=O)CNP(=S)(OC[C@@H]1C[C@H](C)[C@H](n2cc(C)c(=O)[nH]c2=O)O1)Oc1ccccc1. The lowest BCUT2D eigenvalue weighted by atomic mass is 10.1. The Balaban J connectivity index is 1.69. The molecule has 0 saturated carbocycles. The molecule has 0 radical (unpaired) electrons. The Morgan fingerprint density at radius 2 is 2.06 bits per heavy atom. The fourth-order valence-corrected chi connectivity index (χ4v) is 5.21. The average molecular weight is 483 g/mol. The zero-order valence-corrected chi connectivity index (χ0v) is 19.7. The third kappa shape index (κ3) is 6.14. The number of benzene rings is 1. The molecule has 12 heteroatoms. The summed E-state index contributed by atoms with van der Waals surface area (Å²) in [7, 11) is 1.28. The first-order chi connectivity index (χ1) is 15.2. The fraction of sp³-hybridized carbons (Fsp3) is 0.450. The molecule has 3 rings (SSSR count). The second kappa shape index (κ2) is 10.5. The number of carbonyl (C=O) groups is 1. The maximum atomic E-state index is 12.2. The number of esters is 1. The van der Waals surface area contributed by atoms with Gasteiger partial charge in [-0.25, -0.2) is 9.88 Å². The van der Waals surface area contributed by atoms with Gasteiger partial charge in [-0.15, -0.1) is 0 Å². The molecule has 174 valence electrons. The number of H-pyrrole nitrogens is 1. The summed E-state index contributed by atoms with van der Waals surface area (Å²) in [6, 6.07) is 8.91. The molecule has 2 heterocycles. The van der Waals surface area contributed by atoms with Crippen molar-refractivity contribution in [1.29, 1.82) is 0 Å². The summed E-state index contributed by atoms with van der Waals surface area (Å²) >= 11 is 5.59. The average Bonchev–Trinajstić information content (AvgIpc) is 3.14. The van der Waals surface area contributed by atoms with Gasteiger partial charge in [-0.2, -0.15) is 0 Å². The van der Waals surface area contributed by atoms with Gasteiger partial charge >= 0.3 is 18.3 Å². The maximum Gasteiger partial charge on any atom is 0.330 e. The van der Waals surface area contributed by atoms with Crippen molar-refractivity contribution in [3.05, 3.63) is 62.9 Å². The van der Waals surface area contributed by atoms with Crippen molar-refractivity contribution < 1.29 is 23.3 Å². The van der Waals surface area contributed by atoms with Crippen LogP contribution in [0.3, 0.4) is 0 Å². The standard InChI is InChI=1S/C20H26N3O7PS/c1-13-9-16(29-19(13)23-11-14(2)18(25)22-20(23)26)12-28-31(32,21-10-17(24)27-3)30-15-7-5-4-6-8-15/h4-8,11,13,16,19H,9-10,12H2,1-3H3,(H,21,32)(H,22,25,26)/t13-,16-,19+,31?/m0/s1. The van der Waals surface area contributed by atoms with Crippen LogP contribution >= 0.6 is 6.64 Å². The predicted octanol–water partition coefficient (Wildman–Crippen LogP) is 1.85. The molecule has 2 aromatic rings. The molecule has 4 atom stereocenters. The van der Waals surface area contributed by atoms with Gasteiger partial charge in [0.1, 0.15) is 18.5 Å². The lowest BCUT2D eigenvalue weighted by Gasteiger charge is -2.25. The number of aryl methyl sites for hydroxylation is 1. The predicted molar refractivity (Wildman–Crippen MR) is 121 cm³/mol. The van der Waals surface area contributed by atoms with Gasteiger partial charge in [-0.1, -0.05) is 25.1 Å². The van der Waals surface area contributed by atoms with Gasteiger partial charge in [-0.3, -0.25) is 19.1 Å². The van der Waals surface area contributed by atoms with Crippen molar-refractivity contribution in [2.24, 2.45) is 5.92 Å². The Kier molecular flexibility index (Phi) is 8.02. The minimum absolute atomic E-state index is 0.0115. The lowest BCUT2D eigenvalue weighted by molar-refractivity contribution is -0.139. The maximum absolute atomic E-state index is 12.2. The van der Waals surface area contributed by atoms with Crippen molar-refractivity contribution in [1.82, 2.24) is 14.6 Å². The molecule has 1 unspecified atom stereocenters. The highest BCUT2D eigenvalue weighted by atomic mass is 32.5. The van der Waals surface area contributed by atoms with E-state index in [0.29, 0.717) is 17.7 Å². The number of para-hydroxylation sites is 1. The number of aromatic nitrogens is 2.